The molecule has 0 radical (unpaired) electrons. The van der Waals surface area contributed by atoms with E-state index in [4.69, 9.17) is 0 Å². The molecular weight excluding hydrogens is 301 g/mol. The fraction of sp³-hybridized carbons (Fsp3) is 0.429. The third-order valence-electron chi connectivity index (χ3n) is 3.65. The summed E-state index contributed by atoms with van der Waals surface area (Å²) in [5.74, 6) is -2.79. The van der Waals surface area contributed by atoms with Gasteiger partial charge in [-0.05, 0) is 19.4 Å². The van der Waals surface area contributed by atoms with E-state index in [2.05, 4.69) is 5.32 Å². The van der Waals surface area contributed by atoms with Gasteiger partial charge < -0.3 is 15.7 Å². The van der Waals surface area contributed by atoms with E-state index in [9.17, 15) is 27.9 Å². The molecule has 0 saturated carbocycles. The maximum absolute atomic E-state index is 13.2. The van der Waals surface area contributed by atoms with Crippen LogP contribution in [0.15, 0.2) is 24.3 Å². The molecular formula is C14H15F3N2O3. The average molecular weight is 316 g/mol. The summed E-state index contributed by atoms with van der Waals surface area (Å²) in [6.07, 6.45) is -5.19. The van der Waals surface area contributed by atoms with Gasteiger partial charge in [0.2, 0.25) is 5.72 Å². The Labute approximate surface area is 124 Å². The number of nitrogens with one attached hydrogen (secondary N) is 2. The second kappa shape index (κ2) is 5.28. The number of ketones is 1. The number of amides is 2. The number of carbonyl (C=O) groups is 2. The number of halogens is 3. The molecule has 3 atom stereocenters. The van der Waals surface area contributed by atoms with Gasteiger partial charge in [-0.1, -0.05) is 29.8 Å². The smallest absolute Gasteiger partial charge is 0.363 e. The summed E-state index contributed by atoms with van der Waals surface area (Å²) >= 11 is 0. The van der Waals surface area contributed by atoms with Gasteiger partial charge in [-0.2, -0.15) is 13.2 Å². The number of Topliss-reactive ketones (excluding diaryl/α,β-unsaturated/α-hetero) is 1. The van der Waals surface area contributed by atoms with E-state index in [1.54, 1.807) is 25.1 Å². The van der Waals surface area contributed by atoms with Crippen molar-refractivity contribution >= 4 is 11.8 Å². The molecule has 3 unspecified atom stereocenters. The van der Waals surface area contributed by atoms with Gasteiger partial charge in [0.15, 0.2) is 0 Å². The van der Waals surface area contributed by atoms with Crippen molar-refractivity contribution < 1.29 is 27.9 Å². The maximum Gasteiger partial charge on any atom is 0.437 e. The van der Waals surface area contributed by atoms with Crippen LogP contribution >= 0.6 is 0 Å². The predicted molar refractivity (Wildman–Crippen MR) is 70.8 cm³/mol. The van der Waals surface area contributed by atoms with Crippen molar-refractivity contribution in [2.45, 2.75) is 31.8 Å². The maximum atomic E-state index is 13.2. The number of rotatable bonds is 2. The van der Waals surface area contributed by atoms with E-state index in [1.165, 1.54) is 11.4 Å². The molecule has 22 heavy (non-hydrogen) atoms. The van der Waals surface area contributed by atoms with Gasteiger partial charge in [-0.15, -0.1) is 0 Å². The molecule has 1 aromatic rings. The number of alkyl halides is 3. The van der Waals surface area contributed by atoms with Crippen molar-refractivity contribution in [3.63, 3.8) is 0 Å². The molecule has 1 aliphatic heterocycles. The second-order valence-electron chi connectivity index (χ2n) is 5.34. The van der Waals surface area contributed by atoms with Crippen molar-refractivity contribution in [3.05, 3.63) is 35.4 Å². The van der Waals surface area contributed by atoms with Crippen LogP contribution in [0, 0.1) is 12.8 Å². The minimum Gasteiger partial charge on any atom is -0.363 e. The predicted octanol–water partition coefficient (Wildman–Crippen LogP) is 1.81. The van der Waals surface area contributed by atoms with E-state index >= 15 is 0 Å². The zero-order chi connectivity index (χ0) is 16.7. The molecule has 5 nitrogen and oxygen atoms in total. The highest BCUT2D eigenvalue weighted by atomic mass is 19.4. The molecule has 0 aromatic heterocycles. The summed E-state index contributed by atoms with van der Waals surface area (Å²) in [4.78, 5) is 23.4. The fourth-order valence-corrected chi connectivity index (χ4v) is 2.67. The zero-order valence-corrected chi connectivity index (χ0v) is 11.9. The van der Waals surface area contributed by atoms with Gasteiger partial charge in [0.1, 0.15) is 5.78 Å². The SMILES string of the molecule is CC(=O)C1C(c2cccc(C)c2)NC(=O)NC1(O)C(F)(F)F. The van der Waals surface area contributed by atoms with Crippen LogP contribution < -0.4 is 10.6 Å². The minimum atomic E-state index is -5.19. The Morgan fingerprint density at radius 1 is 1.36 bits per heavy atom. The van der Waals surface area contributed by atoms with Crippen LogP contribution in [0.1, 0.15) is 24.1 Å². The first-order valence-corrected chi connectivity index (χ1v) is 6.51. The molecule has 3 N–H and O–H groups in total. The zero-order valence-electron chi connectivity index (χ0n) is 11.9. The highest BCUT2D eigenvalue weighted by Crippen LogP contribution is 2.42. The Morgan fingerprint density at radius 3 is 2.50 bits per heavy atom. The Kier molecular flexibility index (Phi) is 3.90. The summed E-state index contributed by atoms with van der Waals surface area (Å²) in [6.45, 7) is 2.68. The van der Waals surface area contributed by atoms with Crippen LogP contribution in [-0.4, -0.2) is 28.8 Å². The third kappa shape index (κ3) is 2.66. The molecule has 0 bridgehead atoms. The van der Waals surface area contributed by atoms with Crippen LogP contribution in [0.25, 0.3) is 0 Å². The lowest BCUT2D eigenvalue weighted by molar-refractivity contribution is -0.290. The molecule has 2 rings (SSSR count). The van der Waals surface area contributed by atoms with Crippen LogP contribution in [-0.2, 0) is 4.79 Å². The van der Waals surface area contributed by atoms with E-state index in [1.807, 2.05) is 0 Å². The van der Waals surface area contributed by atoms with Crippen molar-refractivity contribution in [3.8, 4) is 0 Å². The van der Waals surface area contributed by atoms with E-state index < -0.39 is 35.7 Å². The monoisotopic (exact) mass is 316 g/mol. The summed E-state index contributed by atoms with van der Waals surface area (Å²) in [7, 11) is 0. The van der Waals surface area contributed by atoms with Crippen LogP contribution in [0.4, 0.5) is 18.0 Å². The number of benzene rings is 1. The lowest BCUT2D eigenvalue weighted by Crippen LogP contribution is -2.72. The minimum absolute atomic E-state index is 0.317. The van der Waals surface area contributed by atoms with Gasteiger partial charge in [0.25, 0.3) is 0 Å². The topological polar surface area (TPSA) is 78.4 Å². The number of aliphatic hydroxyl groups is 1. The molecule has 1 fully saturated rings. The molecule has 0 spiro atoms. The standard InChI is InChI=1S/C14H15F3N2O3/c1-7-4-3-5-9(6-7)11-10(8(2)20)13(22,14(15,16)17)19-12(21)18-11/h3-6,10-11,22H,1-2H3,(H2,18,19,21). The molecule has 1 aliphatic rings. The molecule has 8 heteroatoms. The molecule has 1 heterocycles. The van der Waals surface area contributed by atoms with Crippen molar-refractivity contribution in [1.29, 1.82) is 0 Å². The summed E-state index contributed by atoms with van der Waals surface area (Å²) in [5, 5.41) is 13.7. The van der Waals surface area contributed by atoms with Gasteiger partial charge >= 0.3 is 12.2 Å². The lowest BCUT2D eigenvalue weighted by atomic mass is 9.79. The van der Waals surface area contributed by atoms with Crippen molar-refractivity contribution in [2.75, 3.05) is 0 Å². The molecule has 120 valence electrons. The van der Waals surface area contributed by atoms with Crippen molar-refractivity contribution in [1.82, 2.24) is 10.6 Å². The third-order valence-corrected chi connectivity index (χ3v) is 3.65. The van der Waals surface area contributed by atoms with Crippen LogP contribution in [0.3, 0.4) is 0 Å². The van der Waals surface area contributed by atoms with Crippen LogP contribution in [0.5, 0.6) is 0 Å². The Balaban J connectivity index is 2.57. The van der Waals surface area contributed by atoms with Crippen molar-refractivity contribution in [2.24, 2.45) is 5.92 Å². The van der Waals surface area contributed by atoms with E-state index in [0.29, 0.717) is 5.56 Å². The van der Waals surface area contributed by atoms with E-state index in [0.717, 1.165) is 12.5 Å². The highest BCUT2D eigenvalue weighted by molar-refractivity contribution is 5.86. The Hall–Kier alpha value is -2.09. The quantitative estimate of drug-likeness (QED) is 0.778. The van der Waals surface area contributed by atoms with Gasteiger partial charge in [-0.25, -0.2) is 4.79 Å². The normalized spacial score (nSPS) is 28.7. The largest absolute Gasteiger partial charge is 0.437 e. The summed E-state index contributed by atoms with van der Waals surface area (Å²) in [5.41, 5.74) is -2.55. The average Bonchev–Trinajstić information content (AvgIpc) is 2.35. The number of aryl methyl sites for hydroxylation is 1. The van der Waals surface area contributed by atoms with Gasteiger partial charge in [0.05, 0.1) is 12.0 Å². The molecule has 1 aromatic carbocycles. The lowest BCUT2D eigenvalue weighted by Gasteiger charge is -2.44. The number of urea groups is 1. The first kappa shape index (κ1) is 16.3. The summed E-state index contributed by atoms with van der Waals surface area (Å²) in [6, 6.07) is 3.91. The van der Waals surface area contributed by atoms with E-state index in [-0.39, 0.29) is 0 Å². The first-order chi connectivity index (χ1) is 10.1. The summed E-state index contributed by atoms with van der Waals surface area (Å²) < 4.78 is 39.7. The fourth-order valence-electron chi connectivity index (χ4n) is 2.67. The molecule has 2 amide bonds. The highest BCUT2D eigenvalue weighted by Gasteiger charge is 2.65. The Morgan fingerprint density at radius 2 is 2.00 bits per heavy atom. The first-order valence-electron chi connectivity index (χ1n) is 6.51. The van der Waals surface area contributed by atoms with Gasteiger partial charge in [-0.3, -0.25) is 4.79 Å². The number of hydrogen-bond acceptors (Lipinski definition) is 3. The second-order valence-corrected chi connectivity index (χ2v) is 5.34. The molecule has 1 saturated heterocycles. The molecule has 0 aliphatic carbocycles. The van der Waals surface area contributed by atoms with Crippen LogP contribution in [0.2, 0.25) is 0 Å². The van der Waals surface area contributed by atoms with Gasteiger partial charge in [0, 0.05) is 0 Å². The Bertz CT molecular complexity index is 618. The number of hydrogen-bond donors (Lipinski definition) is 3. The number of carbonyl (C=O) groups excluding carboxylic acids is 2.